The third-order valence-corrected chi connectivity index (χ3v) is 4.12. The first-order valence-corrected chi connectivity index (χ1v) is 9.07. The third-order valence-electron chi connectivity index (χ3n) is 4.12. The number of anilines is 1. The van der Waals surface area contributed by atoms with E-state index in [1.165, 1.54) is 0 Å². The quantitative estimate of drug-likeness (QED) is 0.674. The molecular formula is C22H26N2O2. The van der Waals surface area contributed by atoms with E-state index in [1.54, 1.807) is 0 Å². The molecule has 0 bridgehead atoms. The Morgan fingerprint density at radius 1 is 1.12 bits per heavy atom. The lowest BCUT2D eigenvalue weighted by Crippen LogP contribution is -2.01. The molecule has 0 atom stereocenters. The lowest BCUT2D eigenvalue weighted by Gasteiger charge is -2.13. The summed E-state index contributed by atoms with van der Waals surface area (Å²) in [6, 6.07) is 13.9. The van der Waals surface area contributed by atoms with E-state index in [2.05, 4.69) is 30.2 Å². The van der Waals surface area contributed by atoms with Gasteiger partial charge in [0.05, 0.1) is 13.2 Å². The largest absolute Gasteiger partial charge is 0.493 e. The summed E-state index contributed by atoms with van der Waals surface area (Å²) in [7, 11) is 0. The van der Waals surface area contributed by atoms with Crippen LogP contribution in [0.25, 0.3) is 0 Å². The summed E-state index contributed by atoms with van der Waals surface area (Å²) in [5.41, 5.74) is 3.21. The Kier molecular flexibility index (Phi) is 5.95. The second kappa shape index (κ2) is 8.56. The molecule has 0 saturated heterocycles. The lowest BCUT2D eigenvalue weighted by atomic mass is 10.1. The maximum atomic E-state index is 6.06. The fraction of sp³-hybridized carbons (Fsp3) is 0.318. The average Bonchev–Trinajstić information content (AvgIpc) is 3.10. The second-order valence-corrected chi connectivity index (χ2v) is 6.89. The molecule has 1 aliphatic rings. The van der Waals surface area contributed by atoms with E-state index < -0.39 is 0 Å². The van der Waals surface area contributed by atoms with Crippen molar-refractivity contribution in [2.24, 2.45) is 10.9 Å². The van der Waals surface area contributed by atoms with Crippen LogP contribution < -0.4 is 14.8 Å². The fourth-order valence-electron chi connectivity index (χ4n) is 2.62. The van der Waals surface area contributed by atoms with Crippen molar-refractivity contribution in [2.45, 2.75) is 27.2 Å². The normalized spacial score (nSPS) is 13.0. The van der Waals surface area contributed by atoms with E-state index in [9.17, 15) is 0 Å². The molecule has 0 fully saturated rings. The zero-order valence-corrected chi connectivity index (χ0v) is 15.7. The molecule has 0 saturated carbocycles. The number of nitrogens with zero attached hydrogens (tertiary/aromatic N) is 1. The van der Waals surface area contributed by atoms with Crippen LogP contribution in [0.2, 0.25) is 0 Å². The smallest absolute Gasteiger partial charge is 0.131 e. The minimum absolute atomic E-state index is 0.635. The molecule has 0 aromatic heterocycles. The van der Waals surface area contributed by atoms with Crippen molar-refractivity contribution in [3.05, 3.63) is 59.8 Å². The maximum Gasteiger partial charge on any atom is 0.131 e. The van der Waals surface area contributed by atoms with Gasteiger partial charge in [-0.3, -0.25) is 4.99 Å². The summed E-state index contributed by atoms with van der Waals surface area (Å²) in [6.45, 7) is 7.87. The highest BCUT2D eigenvalue weighted by Gasteiger charge is 2.06. The molecular weight excluding hydrogens is 324 g/mol. The van der Waals surface area contributed by atoms with Crippen LogP contribution in [-0.4, -0.2) is 19.4 Å². The van der Waals surface area contributed by atoms with Crippen LogP contribution in [0.15, 0.2) is 59.2 Å². The molecule has 3 rings (SSSR count). The Bertz CT molecular complexity index is 810. The van der Waals surface area contributed by atoms with Gasteiger partial charge in [0.15, 0.2) is 0 Å². The summed E-state index contributed by atoms with van der Waals surface area (Å²) in [5, 5.41) is 3.37. The van der Waals surface area contributed by atoms with E-state index in [0.717, 1.165) is 47.2 Å². The molecule has 0 spiro atoms. The van der Waals surface area contributed by atoms with Crippen molar-refractivity contribution in [1.82, 2.24) is 0 Å². The van der Waals surface area contributed by atoms with Gasteiger partial charge in [-0.05, 0) is 61.2 Å². The molecule has 1 N–H and O–H groups in total. The number of aryl methyl sites for hydroxylation is 1. The Balaban J connectivity index is 1.63. The fourth-order valence-corrected chi connectivity index (χ4v) is 2.62. The summed E-state index contributed by atoms with van der Waals surface area (Å²) in [5.74, 6) is 3.09. The first-order valence-electron chi connectivity index (χ1n) is 9.07. The Morgan fingerprint density at radius 3 is 2.69 bits per heavy atom. The van der Waals surface area contributed by atoms with Gasteiger partial charge in [0.25, 0.3) is 0 Å². The number of hydrogen-bond acceptors (Lipinski definition) is 4. The minimum Gasteiger partial charge on any atom is -0.493 e. The van der Waals surface area contributed by atoms with E-state index in [4.69, 9.17) is 9.47 Å². The minimum atomic E-state index is 0.635. The van der Waals surface area contributed by atoms with Gasteiger partial charge >= 0.3 is 0 Å². The number of aliphatic imine (C=N–C) groups is 1. The highest BCUT2D eigenvalue weighted by Crippen LogP contribution is 2.30. The summed E-state index contributed by atoms with van der Waals surface area (Å²) in [6.07, 6.45) is 4.85. The number of benzene rings is 2. The molecule has 4 heteroatoms. The van der Waals surface area contributed by atoms with Crippen LogP contribution in [0.3, 0.4) is 0 Å². The van der Waals surface area contributed by atoms with E-state index in [-0.39, 0.29) is 0 Å². The summed E-state index contributed by atoms with van der Waals surface area (Å²) in [4.78, 5) is 4.18. The van der Waals surface area contributed by atoms with E-state index in [0.29, 0.717) is 12.5 Å². The molecule has 1 heterocycles. The number of nitrogens with one attached hydrogen (secondary N) is 1. The van der Waals surface area contributed by atoms with Crippen molar-refractivity contribution in [3.63, 3.8) is 0 Å². The van der Waals surface area contributed by atoms with Crippen LogP contribution in [0.4, 0.5) is 5.69 Å². The van der Waals surface area contributed by atoms with Crippen molar-refractivity contribution in [2.75, 3.05) is 18.5 Å². The van der Waals surface area contributed by atoms with Crippen LogP contribution in [0.5, 0.6) is 17.2 Å². The highest BCUT2D eigenvalue weighted by atomic mass is 16.5. The Morgan fingerprint density at radius 2 is 1.96 bits per heavy atom. The molecule has 136 valence electrons. The molecule has 2 aromatic carbocycles. The highest BCUT2D eigenvalue weighted by molar-refractivity contribution is 5.76. The van der Waals surface area contributed by atoms with E-state index in [1.807, 2.05) is 55.6 Å². The summed E-state index contributed by atoms with van der Waals surface area (Å²) < 4.78 is 11.9. The first-order chi connectivity index (χ1) is 12.6. The number of rotatable bonds is 8. The monoisotopic (exact) mass is 350 g/mol. The van der Waals surface area contributed by atoms with Gasteiger partial charge in [0, 0.05) is 23.7 Å². The van der Waals surface area contributed by atoms with Gasteiger partial charge in [-0.15, -0.1) is 0 Å². The number of hydrogen-bond donors (Lipinski definition) is 1. The van der Waals surface area contributed by atoms with Crippen molar-refractivity contribution < 1.29 is 9.47 Å². The molecule has 0 radical (unpaired) electrons. The second-order valence-electron chi connectivity index (χ2n) is 6.89. The van der Waals surface area contributed by atoms with Gasteiger partial charge in [-0.1, -0.05) is 19.9 Å². The van der Waals surface area contributed by atoms with Gasteiger partial charge in [0.2, 0.25) is 0 Å². The van der Waals surface area contributed by atoms with Crippen LogP contribution in [0, 0.1) is 12.8 Å². The molecule has 2 aromatic rings. The Labute approximate surface area is 155 Å². The molecule has 0 amide bonds. The van der Waals surface area contributed by atoms with E-state index >= 15 is 0 Å². The first kappa shape index (κ1) is 18.1. The van der Waals surface area contributed by atoms with Crippen LogP contribution in [0.1, 0.15) is 25.8 Å². The predicted octanol–water partition coefficient (Wildman–Crippen LogP) is 5.59. The van der Waals surface area contributed by atoms with Crippen molar-refractivity contribution in [3.8, 4) is 17.2 Å². The van der Waals surface area contributed by atoms with Crippen LogP contribution in [-0.2, 0) is 0 Å². The van der Waals surface area contributed by atoms with Gasteiger partial charge in [-0.2, -0.15) is 0 Å². The SMILES string of the molecule is Cc1cc(NC2=CC=NC2)ccc1Oc1cccc(OCCC(C)C)c1. The molecule has 1 aliphatic heterocycles. The standard InChI is InChI=1S/C22H26N2O2/c1-16(2)10-12-25-20-5-4-6-21(14-20)26-22-8-7-18(13-17(22)3)24-19-9-11-23-15-19/h4-9,11,13-14,16,24H,10,12,15H2,1-3H3. The average molecular weight is 350 g/mol. The Hall–Kier alpha value is -2.75. The zero-order valence-electron chi connectivity index (χ0n) is 15.7. The topological polar surface area (TPSA) is 42.9 Å². The molecule has 0 aliphatic carbocycles. The molecule has 0 unspecified atom stereocenters. The zero-order chi connectivity index (χ0) is 18.4. The molecule has 26 heavy (non-hydrogen) atoms. The predicted molar refractivity (Wildman–Crippen MR) is 108 cm³/mol. The number of allylic oxidation sites excluding steroid dienone is 1. The number of ether oxygens (including phenoxy) is 2. The van der Waals surface area contributed by atoms with Gasteiger partial charge in [0.1, 0.15) is 17.2 Å². The van der Waals surface area contributed by atoms with Gasteiger partial charge < -0.3 is 14.8 Å². The van der Waals surface area contributed by atoms with Crippen molar-refractivity contribution >= 4 is 11.9 Å². The lowest BCUT2D eigenvalue weighted by molar-refractivity contribution is 0.288. The third kappa shape index (κ3) is 5.12. The van der Waals surface area contributed by atoms with Gasteiger partial charge in [-0.25, -0.2) is 0 Å². The molecule has 4 nitrogen and oxygen atoms in total. The maximum absolute atomic E-state index is 6.06. The summed E-state index contributed by atoms with van der Waals surface area (Å²) >= 11 is 0. The van der Waals surface area contributed by atoms with Crippen LogP contribution >= 0.6 is 0 Å². The van der Waals surface area contributed by atoms with Crippen molar-refractivity contribution in [1.29, 1.82) is 0 Å².